The van der Waals surface area contributed by atoms with Crippen molar-refractivity contribution in [2.75, 3.05) is 0 Å². The Bertz CT molecular complexity index is 1020. The van der Waals surface area contributed by atoms with E-state index in [0.717, 1.165) is 37.8 Å². The summed E-state index contributed by atoms with van der Waals surface area (Å²) in [6, 6.07) is 26.4. The maximum atomic E-state index is 6.07. The summed E-state index contributed by atoms with van der Waals surface area (Å²) in [5.74, 6) is 0.809. The first-order valence-electron chi connectivity index (χ1n) is 7.99. The first-order chi connectivity index (χ1) is 12.3. The van der Waals surface area contributed by atoms with Crippen molar-refractivity contribution in [2.45, 2.75) is 10.8 Å². The summed E-state index contributed by atoms with van der Waals surface area (Å²) >= 11 is 7.76. The molecule has 0 aliphatic heterocycles. The molecule has 2 nitrogen and oxygen atoms in total. The number of nitrogens with zero attached hydrogens (tertiary/aromatic N) is 2. The second-order valence-electron chi connectivity index (χ2n) is 5.68. The maximum absolute atomic E-state index is 6.07. The maximum Gasteiger partial charge on any atom is 0.127 e. The summed E-state index contributed by atoms with van der Waals surface area (Å²) in [4.78, 5) is 0. The quantitative estimate of drug-likeness (QED) is 0.402. The minimum atomic E-state index is 0.758. The van der Waals surface area contributed by atoms with Crippen LogP contribution in [0.3, 0.4) is 0 Å². The van der Waals surface area contributed by atoms with Crippen LogP contribution in [0.1, 0.15) is 5.56 Å². The molecule has 0 unspecified atom stereocenters. The summed E-state index contributed by atoms with van der Waals surface area (Å²) in [7, 11) is 0. The number of hydrogen-bond acceptors (Lipinski definition) is 3. The van der Waals surface area contributed by atoms with Gasteiger partial charge in [-0.25, -0.2) is 0 Å². The highest BCUT2D eigenvalue weighted by atomic mass is 35.5. The smallest absolute Gasteiger partial charge is 0.127 e. The van der Waals surface area contributed by atoms with Crippen LogP contribution in [-0.2, 0) is 5.75 Å². The Hall–Kier alpha value is -2.36. The van der Waals surface area contributed by atoms with E-state index in [9.17, 15) is 0 Å². The van der Waals surface area contributed by atoms with Gasteiger partial charge in [-0.1, -0.05) is 90.1 Å². The van der Waals surface area contributed by atoms with Crippen LogP contribution in [0.5, 0.6) is 0 Å². The molecular formula is C21H15ClN2S. The molecule has 0 aliphatic rings. The monoisotopic (exact) mass is 362 g/mol. The zero-order valence-corrected chi connectivity index (χ0v) is 15.0. The van der Waals surface area contributed by atoms with Crippen LogP contribution < -0.4 is 0 Å². The van der Waals surface area contributed by atoms with Gasteiger partial charge in [-0.2, -0.15) is 0 Å². The van der Waals surface area contributed by atoms with E-state index in [1.165, 1.54) is 5.56 Å². The number of benzene rings is 3. The normalized spacial score (nSPS) is 10.9. The zero-order chi connectivity index (χ0) is 17.1. The van der Waals surface area contributed by atoms with Crippen LogP contribution in [0.25, 0.3) is 22.0 Å². The molecule has 0 atom stereocenters. The molecule has 0 spiro atoms. The van der Waals surface area contributed by atoms with Crippen LogP contribution in [0.4, 0.5) is 0 Å². The van der Waals surface area contributed by atoms with Crippen LogP contribution in [0.2, 0.25) is 5.02 Å². The Morgan fingerprint density at radius 2 is 1.52 bits per heavy atom. The van der Waals surface area contributed by atoms with E-state index in [1.807, 2.05) is 48.5 Å². The van der Waals surface area contributed by atoms with E-state index in [-0.39, 0.29) is 0 Å². The van der Waals surface area contributed by atoms with Crippen molar-refractivity contribution in [1.82, 2.24) is 10.2 Å². The molecule has 0 amide bonds. The molecular weight excluding hydrogens is 348 g/mol. The molecule has 0 aliphatic carbocycles. The molecule has 25 heavy (non-hydrogen) atoms. The van der Waals surface area contributed by atoms with Gasteiger partial charge in [0.2, 0.25) is 0 Å². The fourth-order valence-corrected chi connectivity index (χ4v) is 3.90. The van der Waals surface area contributed by atoms with Crippen molar-refractivity contribution in [3.8, 4) is 11.3 Å². The van der Waals surface area contributed by atoms with Gasteiger partial charge in [0.15, 0.2) is 0 Å². The molecule has 3 aromatic carbocycles. The molecule has 4 heteroatoms. The van der Waals surface area contributed by atoms with Gasteiger partial charge in [0.05, 0.1) is 0 Å². The fourth-order valence-electron chi connectivity index (χ4n) is 2.77. The van der Waals surface area contributed by atoms with Gasteiger partial charge in [0, 0.05) is 27.1 Å². The molecule has 122 valence electrons. The van der Waals surface area contributed by atoms with Crippen LogP contribution in [0.15, 0.2) is 83.9 Å². The second kappa shape index (κ2) is 7.26. The van der Waals surface area contributed by atoms with E-state index in [2.05, 4.69) is 40.5 Å². The first kappa shape index (κ1) is 16.1. The number of rotatable bonds is 4. The lowest BCUT2D eigenvalue weighted by Crippen LogP contribution is -1.94. The Kier molecular flexibility index (Phi) is 4.68. The predicted octanol–water partition coefficient (Wildman–Crippen LogP) is 6.24. The van der Waals surface area contributed by atoms with Crippen LogP contribution >= 0.6 is 23.4 Å². The third kappa shape index (κ3) is 3.53. The Morgan fingerprint density at radius 1 is 0.760 bits per heavy atom. The number of hydrogen-bond donors (Lipinski definition) is 0. The topological polar surface area (TPSA) is 25.8 Å². The van der Waals surface area contributed by atoms with Gasteiger partial charge in [-0.15, -0.1) is 10.2 Å². The van der Waals surface area contributed by atoms with Gasteiger partial charge < -0.3 is 0 Å². The molecule has 0 N–H and O–H groups in total. The van der Waals surface area contributed by atoms with E-state index >= 15 is 0 Å². The van der Waals surface area contributed by atoms with Gasteiger partial charge in [0.1, 0.15) is 10.7 Å². The predicted molar refractivity (Wildman–Crippen MR) is 106 cm³/mol. The molecule has 0 bridgehead atoms. The highest BCUT2D eigenvalue weighted by Crippen LogP contribution is 2.33. The SMILES string of the molecule is Clc1cccc(CSc2nnc(-c3ccccc3)c3ccccc23)c1. The molecule has 0 fully saturated rings. The highest BCUT2D eigenvalue weighted by Gasteiger charge is 2.11. The minimum absolute atomic E-state index is 0.758. The van der Waals surface area contributed by atoms with Crippen molar-refractivity contribution in [3.05, 3.63) is 89.4 Å². The van der Waals surface area contributed by atoms with Gasteiger partial charge in [-0.3, -0.25) is 0 Å². The van der Waals surface area contributed by atoms with Gasteiger partial charge >= 0.3 is 0 Å². The largest absolute Gasteiger partial charge is 0.149 e. The lowest BCUT2D eigenvalue weighted by atomic mass is 10.1. The Labute approximate surface area is 155 Å². The average Bonchev–Trinajstić information content (AvgIpc) is 2.67. The van der Waals surface area contributed by atoms with E-state index < -0.39 is 0 Å². The summed E-state index contributed by atoms with van der Waals surface area (Å²) < 4.78 is 0. The molecule has 4 rings (SSSR count). The summed E-state index contributed by atoms with van der Waals surface area (Å²) in [6.07, 6.45) is 0. The Balaban J connectivity index is 1.71. The molecule has 0 saturated carbocycles. The standard InChI is InChI=1S/C21H15ClN2S/c22-17-10-6-7-15(13-17)14-25-21-19-12-5-4-11-18(19)20(23-24-21)16-8-2-1-3-9-16/h1-13H,14H2. The lowest BCUT2D eigenvalue weighted by molar-refractivity contribution is 0.961. The first-order valence-corrected chi connectivity index (χ1v) is 9.36. The lowest BCUT2D eigenvalue weighted by Gasteiger charge is -2.09. The highest BCUT2D eigenvalue weighted by molar-refractivity contribution is 7.98. The third-order valence-electron chi connectivity index (χ3n) is 3.97. The van der Waals surface area contributed by atoms with Gasteiger partial charge in [0.25, 0.3) is 0 Å². The van der Waals surface area contributed by atoms with Crippen molar-refractivity contribution in [3.63, 3.8) is 0 Å². The van der Waals surface area contributed by atoms with E-state index in [4.69, 9.17) is 11.6 Å². The van der Waals surface area contributed by atoms with Crippen molar-refractivity contribution < 1.29 is 0 Å². The number of aromatic nitrogens is 2. The number of fused-ring (bicyclic) bond motifs is 1. The zero-order valence-electron chi connectivity index (χ0n) is 13.4. The van der Waals surface area contributed by atoms with Crippen molar-refractivity contribution in [1.29, 1.82) is 0 Å². The second-order valence-corrected chi connectivity index (χ2v) is 7.08. The summed E-state index contributed by atoms with van der Waals surface area (Å²) in [5.41, 5.74) is 3.18. The van der Waals surface area contributed by atoms with Crippen LogP contribution in [0, 0.1) is 0 Å². The molecule has 1 heterocycles. The summed E-state index contributed by atoms with van der Waals surface area (Å²) in [6.45, 7) is 0. The number of halogens is 1. The number of thioether (sulfide) groups is 1. The molecule has 0 radical (unpaired) electrons. The molecule has 1 aromatic heterocycles. The molecule has 0 saturated heterocycles. The molecule has 4 aromatic rings. The van der Waals surface area contributed by atoms with Crippen molar-refractivity contribution in [2.24, 2.45) is 0 Å². The third-order valence-corrected chi connectivity index (χ3v) is 5.25. The summed E-state index contributed by atoms with van der Waals surface area (Å²) in [5, 5.41) is 13.0. The van der Waals surface area contributed by atoms with Gasteiger partial charge in [-0.05, 0) is 17.7 Å². The van der Waals surface area contributed by atoms with Crippen LogP contribution in [-0.4, -0.2) is 10.2 Å². The average molecular weight is 363 g/mol. The minimum Gasteiger partial charge on any atom is -0.149 e. The fraction of sp³-hybridized carbons (Fsp3) is 0.0476. The van der Waals surface area contributed by atoms with Crippen molar-refractivity contribution >= 4 is 34.1 Å². The van der Waals surface area contributed by atoms with E-state index in [1.54, 1.807) is 11.8 Å². The Morgan fingerprint density at radius 3 is 2.32 bits per heavy atom. The van der Waals surface area contributed by atoms with E-state index in [0.29, 0.717) is 0 Å².